The molecule has 0 unspecified atom stereocenters. The van der Waals surface area contributed by atoms with Gasteiger partial charge in [-0.05, 0) is 0 Å². The Morgan fingerprint density at radius 3 is 1.40 bits per heavy atom. The summed E-state index contributed by atoms with van der Waals surface area (Å²) >= 11 is 0.569. The van der Waals surface area contributed by atoms with Gasteiger partial charge >= 0.3 is 33.0 Å². The van der Waals surface area contributed by atoms with E-state index >= 15 is 0 Å². The SMILES string of the molecule is [CH2]C.[Cl][Ni][Cl]. The molecule has 3 heteroatoms. The van der Waals surface area contributed by atoms with Gasteiger partial charge in [-0.1, -0.05) is 13.8 Å². The zero-order chi connectivity index (χ0) is 4.71. The van der Waals surface area contributed by atoms with E-state index in [9.17, 15) is 0 Å². The van der Waals surface area contributed by atoms with E-state index in [1.54, 1.807) is 6.92 Å². The van der Waals surface area contributed by atoms with E-state index in [1.807, 2.05) is 0 Å². The van der Waals surface area contributed by atoms with Crippen molar-refractivity contribution in [3.05, 3.63) is 6.92 Å². The molecule has 0 N–H and O–H groups in total. The van der Waals surface area contributed by atoms with Gasteiger partial charge < -0.3 is 0 Å². The molecule has 0 spiro atoms. The standard InChI is InChI=1S/C2H5.2ClH.Ni/c1-2;;;/h1H2,2H3;2*1H;/q;;;+2/p-2. The number of hydrogen-bond donors (Lipinski definition) is 0. The van der Waals surface area contributed by atoms with Crippen LogP contribution < -0.4 is 0 Å². The van der Waals surface area contributed by atoms with Crippen LogP contribution in [0, 0.1) is 6.92 Å². The van der Waals surface area contributed by atoms with Gasteiger partial charge in [-0.25, -0.2) is 0 Å². The van der Waals surface area contributed by atoms with Crippen molar-refractivity contribution in [1.29, 1.82) is 0 Å². The van der Waals surface area contributed by atoms with Crippen LogP contribution in [-0.2, 0) is 12.7 Å². The fourth-order valence-electron chi connectivity index (χ4n) is 0. The molecule has 0 aromatic carbocycles. The summed E-state index contributed by atoms with van der Waals surface area (Å²) < 4.78 is 0. The van der Waals surface area contributed by atoms with Crippen molar-refractivity contribution in [1.82, 2.24) is 0 Å². The first-order valence-electron chi connectivity index (χ1n) is 0.946. The molecule has 0 aliphatic rings. The zero-order valence-corrected chi connectivity index (χ0v) is 5.28. The van der Waals surface area contributed by atoms with E-state index in [4.69, 9.17) is 20.4 Å². The zero-order valence-electron chi connectivity index (χ0n) is 2.78. The molecule has 5 heavy (non-hydrogen) atoms. The number of rotatable bonds is 0. The summed E-state index contributed by atoms with van der Waals surface area (Å²) in [5.41, 5.74) is 0. The Morgan fingerprint density at radius 2 is 1.40 bits per heavy atom. The van der Waals surface area contributed by atoms with Crippen LogP contribution in [0.1, 0.15) is 6.92 Å². The van der Waals surface area contributed by atoms with E-state index in [-0.39, 0.29) is 0 Å². The van der Waals surface area contributed by atoms with Gasteiger partial charge in [-0.3, -0.25) is 0 Å². The molecule has 0 rings (SSSR count). The van der Waals surface area contributed by atoms with Gasteiger partial charge in [0.25, 0.3) is 0 Å². The van der Waals surface area contributed by atoms with Crippen LogP contribution in [0.2, 0.25) is 0 Å². The Balaban J connectivity index is 0. The molecule has 0 fully saturated rings. The number of hydrogen-bond acceptors (Lipinski definition) is 0. The van der Waals surface area contributed by atoms with Crippen molar-refractivity contribution in [2.75, 3.05) is 0 Å². The van der Waals surface area contributed by atoms with E-state index in [0.717, 1.165) is 0 Å². The third-order valence-electron chi connectivity index (χ3n) is 0. The molecule has 0 heterocycles. The fourth-order valence-corrected chi connectivity index (χ4v) is 0. The second-order valence-corrected chi connectivity index (χ2v) is 1.68. The quantitative estimate of drug-likeness (QED) is 0.475. The molecule has 0 bridgehead atoms. The molecule has 0 aliphatic heterocycles. The van der Waals surface area contributed by atoms with Crippen molar-refractivity contribution in [3.8, 4) is 0 Å². The van der Waals surface area contributed by atoms with E-state index in [1.165, 1.54) is 0 Å². The first-order valence-corrected chi connectivity index (χ1v) is 3.66. The molecule has 0 atom stereocenters. The van der Waals surface area contributed by atoms with Gasteiger partial charge in [-0.15, -0.1) is 0 Å². The summed E-state index contributed by atoms with van der Waals surface area (Å²) in [6, 6.07) is 0. The third-order valence-corrected chi connectivity index (χ3v) is 0. The van der Waals surface area contributed by atoms with Crippen LogP contribution in [0.5, 0.6) is 0 Å². The first kappa shape index (κ1) is 9.42. The van der Waals surface area contributed by atoms with Gasteiger partial charge in [-0.2, -0.15) is 0 Å². The average Bonchev–Trinajstić information content (AvgIpc) is 1.46. The Hall–Kier alpha value is 1.07. The fraction of sp³-hybridized carbons (Fsp3) is 0.500. The minimum absolute atomic E-state index is 0.569. The minimum atomic E-state index is 0.569. The van der Waals surface area contributed by atoms with Gasteiger partial charge in [0.2, 0.25) is 0 Å². The molecule has 0 amide bonds. The molecule has 0 aliphatic carbocycles. The van der Waals surface area contributed by atoms with Crippen molar-refractivity contribution in [2.24, 2.45) is 0 Å². The van der Waals surface area contributed by atoms with E-state index in [2.05, 4.69) is 6.92 Å². The van der Waals surface area contributed by atoms with Gasteiger partial charge in [0, 0.05) is 0 Å². The van der Waals surface area contributed by atoms with Crippen LogP contribution in [0.3, 0.4) is 0 Å². The van der Waals surface area contributed by atoms with Crippen molar-refractivity contribution in [3.63, 3.8) is 0 Å². The van der Waals surface area contributed by atoms with Crippen LogP contribution in [0.25, 0.3) is 0 Å². The molecule has 0 aromatic rings. The topological polar surface area (TPSA) is 0 Å². The Kier molecular flexibility index (Phi) is 36.9. The molecule has 0 saturated heterocycles. The van der Waals surface area contributed by atoms with Crippen LogP contribution in [0.4, 0.5) is 0 Å². The van der Waals surface area contributed by atoms with E-state index < -0.39 is 0 Å². The normalized spacial score (nSPS) is 5.60. The van der Waals surface area contributed by atoms with Crippen LogP contribution in [-0.4, -0.2) is 0 Å². The molecule has 0 aromatic heterocycles. The molecular weight excluding hydrogens is 154 g/mol. The van der Waals surface area contributed by atoms with Gasteiger partial charge in [0.1, 0.15) is 0 Å². The Morgan fingerprint density at radius 1 is 1.40 bits per heavy atom. The van der Waals surface area contributed by atoms with E-state index in [0.29, 0.717) is 12.7 Å². The molecule has 0 saturated carbocycles. The summed E-state index contributed by atoms with van der Waals surface area (Å²) in [5.74, 6) is 0. The monoisotopic (exact) mass is 157 g/mol. The first-order chi connectivity index (χ1) is 2.41. The maximum atomic E-state index is 4.70. The van der Waals surface area contributed by atoms with Crippen molar-refractivity contribution in [2.45, 2.75) is 6.92 Å². The summed E-state index contributed by atoms with van der Waals surface area (Å²) in [6.45, 7) is 5.00. The Labute approximate surface area is 47.2 Å². The second-order valence-electron chi connectivity index (χ2n) is 0.0452. The molecular formula is C2H5Cl2Ni. The second kappa shape index (κ2) is 19.6. The molecule has 37 valence electrons. The summed E-state index contributed by atoms with van der Waals surface area (Å²) in [4.78, 5) is 0. The van der Waals surface area contributed by atoms with Gasteiger partial charge in [0.15, 0.2) is 0 Å². The predicted octanol–water partition coefficient (Wildman–Crippen LogP) is 2.22. The summed E-state index contributed by atoms with van der Waals surface area (Å²) in [6.07, 6.45) is 0. The molecule has 1 radical (unpaired) electrons. The number of halogens is 2. The third kappa shape index (κ3) is 41.6. The Bertz CT molecular complexity index is 7.61. The van der Waals surface area contributed by atoms with Crippen LogP contribution >= 0.6 is 20.4 Å². The maximum absolute atomic E-state index is 4.70. The summed E-state index contributed by atoms with van der Waals surface area (Å²) in [7, 11) is 9.40. The van der Waals surface area contributed by atoms with Gasteiger partial charge in [0.05, 0.1) is 0 Å². The predicted molar refractivity (Wildman–Crippen MR) is 22.7 cm³/mol. The summed E-state index contributed by atoms with van der Waals surface area (Å²) in [5, 5.41) is 0. The van der Waals surface area contributed by atoms with Crippen LogP contribution in [0.15, 0.2) is 0 Å². The molecule has 0 nitrogen and oxygen atoms in total. The van der Waals surface area contributed by atoms with Crippen molar-refractivity contribution >= 4 is 20.4 Å². The van der Waals surface area contributed by atoms with Crippen molar-refractivity contribution < 1.29 is 12.7 Å². The average molecular weight is 159 g/mol.